The molecule has 3 aromatic heterocycles. The first kappa shape index (κ1) is 33.8. The van der Waals surface area contributed by atoms with E-state index in [1.807, 2.05) is 81.6 Å². The topological polar surface area (TPSA) is 25.8 Å². The van der Waals surface area contributed by atoms with Crippen LogP contribution in [-0.4, -0.2) is 18.0 Å². The number of hydrogen-bond donors (Lipinski definition) is 0. The van der Waals surface area contributed by atoms with Crippen LogP contribution in [0, 0.1) is 23.5 Å². The second-order valence-corrected chi connectivity index (χ2v) is 21.9. The van der Waals surface area contributed by atoms with E-state index in [-0.39, 0.29) is 26.0 Å². The average Bonchev–Trinajstić information content (AvgIpc) is 3.87. The fraction of sp³-hybridized carbons (Fsp3) is 0.292. The molecule has 0 bridgehead atoms. The van der Waals surface area contributed by atoms with Crippen molar-refractivity contribution in [3.63, 3.8) is 0 Å². The summed E-state index contributed by atoms with van der Waals surface area (Å²) >= 11 is 1.77. The van der Waals surface area contributed by atoms with E-state index < -0.39 is 26.2 Å². The number of hydrogen-bond acceptors (Lipinski definition) is 3. The van der Waals surface area contributed by atoms with Crippen molar-refractivity contribution in [3.05, 3.63) is 139 Å². The summed E-state index contributed by atoms with van der Waals surface area (Å²) in [7, 11) is -1.70. The molecule has 0 N–H and O–H groups in total. The summed E-state index contributed by atoms with van der Waals surface area (Å²) in [4.78, 5) is 9.25. The normalized spacial score (nSPS) is 15.1. The zero-order chi connectivity index (χ0) is 39.9. The Labute approximate surface area is 341 Å². The van der Waals surface area contributed by atoms with Crippen molar-refractivity contribution in [2.75, 3.05) is 0 Å². The summed E-state index contributed by atoms with van der Waals surface area (Å²) in [5, 5.41) is 3.54. The molecule has 4 aromatic carbocycles. The number of thiophene rings is 1. The molecule has 0 saturated heterocycles. The van der Waals surface area contributed by atoms with E-state index in [4.69, 9.17) is 5.48 Å². The Morgan fingerprint density at radius 2 is 1.57 bits per heavy atom. The van der Waals surface area contributed by atoms with E-state index in [9.17, 15) is 0 Å². The van der Waals surface area contributed by atoms with Gasteiger partial charge in [-0.05, 0) is 74.0 Å². The molecule has 273 valence electrons. The van der Waals surface area contributed by atoms with Gasteiger partial charge in [0.25, 0.3) is 0 Å². The molecule has 8 rings (SSSR count). The van der Waals surface area contributed by atoms with Crippen LogP contribution >= 0.6 is 11.3 Å². The molecule has 1 aliphatic carbocycles. The van der Waals surface area contributed by atoms with Crippen LogP contribution < -0.4 is 5.19 Å². The predicted molar refractivity (Wildman–Crippen MR) is 227 cm³/mol. The Morgan fingerprint density at radius 1 is 0.792 bits per heavy atom. The molecule has 3 heterocycles. The molecule has 1 saturated carbocycles. The standard InChI is InChI=1S/C29H24NS.C19H26NSi.Ir/c1-2-9-22(10-3-1)23-13-14-24-25-11-6-12-26(29(25)31-28(24)19-23)27-18-21(15-16-30-27)17-20-7-4-5-8-20;1-19(2,3)13-16-12-17(15-10-8-7-9-11-15)20-14-18(16)21(4,5)6;/h1-3,6,9-11,13-16,18-20H,4-5,7-8,17H2;7-10,12,14H,13H2,1-6H3;/q2*-1;/i17D2;13D2;. The SMILES string of the molecule is [2H]C([2H])(c1cc(-c2[c-]cccc2)ncc1[Si](C)(C)C)C(C)(C)C.[2H]C([2H])(c1ccnc(-c2[c-]ccc3c2sc2cc(-c4ccccc4)ccc23)c1)C1CCCC1.[Ir]. The summed E-state index contributed by atoms with van der Waals surface area (Å²) in [6.45, 7) is 12.6. The van der Waals surface area contributed by atoms with Crippen LogP contribution in [0.1, 0.15) is 63.1 Å². The zero-order valence-corrected chi connectivity index (χ0v) is 35.7. The zero-order valence-electron chi connectivity index (χ0n) is 35.5. The molecule has 0 aliphatic heterocycles. The second kappa shape index (κ2) is 16.7. The molecule has 1 radical (unpaired) electrons. The molecule has 1 fully saturated rings. The van der Waals surface area contributed by atoms with Crippen LogP contribution in [0.5, 0.6) is 0 Å². The van der Waals surface area contributed by atoms with E-state index in [2.05, 4.69) is 90.3 Å². The van der Waals surface area contributed by atoms with E-state index in [0.29, 0.717) is 0 Å². The summed E-state index contributed by atoms with van der Waals surface area (Å²) in [6.07, 6.45) is 5.08. The maximum Gasteiger partial charge on any atom is 0.0798 e. The third-order valence-electron chi connectivity index (χ3n) is 9.49. The first-order valence-corrected chi connectivity index (χ1v) is 22.7. The molecule has 0 spiro atoms. The molecule has 0 atom stereocenters. The van der Waals surface area contributed by atoms with Crippen LogP contribution in [0.4, 0.5) is 0 Å². The summed E-state index contributed by atoms with van der Waals surface area (Å²) in [5.74, 6) is 0.0910. The minimum Gasteiger partial charge on any atom is -0.305 e. The van der Waals surface area contributed by atoms with E-state index >= 15 is 0 Å². The van der Waals surface area contributed by atoms with Crippen molar-refractivity contribution in [3.8, 4) is 33.6 Å². The Bertz CT molecular complexity index is 2470. The molecular formula is C48H50IrN2SSi-2. The van der Waals surface area contributed by atoms with Gasteiger partial charge in [0.15, 0.2) is 0 Å². The second-order valence-electron chi connectivity index (χ2n) is 15.8. The first-order chi connectivity index (χ1) is 26.6. The van der Waals surface area contributed by atoms with Crippen molar-refractivity contribution in [2.45, 2.75) is 78.8 Å². The number of pyridine rings is 2. The number of fused-ring (bicyclic) bond motifs is 3. The molecule has 0 unspecified atom stereocenters. The number of rotatable bonds is 7. The van der Waals surface area contributed by atoms with Crippen LogP contribution in [0.2, 0.25) is 19.6 Å². The van der Waals surface area contributed by atoms with Crippen molar-refractivity contribution in [2.24, 2.45) is 11.3 Å². The van der Waals surface area contributed by atoms with Crippen molar-refractivity contribution in [1.29, 1.82) is 0 Å². The third kappa shape index (κ3) is 9.50. The van der Waals surface area contributed by atoms with Gasteiger partial charge >= 0.3 is 0 Å². The minimum atomic E-state index is -1.70. The summed E-state index contributed by atoms with van der Waals surface area (Å²) in [5.41, 5.74) is 6.91. The maximum absolute atomic E-state index is 8.81. The molecule has 2 nitrogen and oxygen atoms in total. The van der Waals surface area contributed by atoms with Crippen LogP contribution in [-0.2, 0) is 32.9 Å². The number of aromatic nitrogens is 2. The largest absolute Gasteiger partial charge is 0.305 e. The minimum absolute atomic E-state index is 0. The van der Waals surface area contributed by atoms with Gasteiger partial charge in [-0.2, -0.15) is 11.3 Å². The average molecular weight is 911 g/mol. The maximum atomic E-state index is 8.81. The number of benzene rings is 4. The smallest absolute Gasteiger partial charge is 0.0798 e. The van der Waals surface area contributed by atoms with Gasteiger partial charge in [0.1, 0.15) is 0 Å². The summed E-state index contributed by atoms with van der Waals surface area (Å²) < 4.78 is 37.5. The Balaban J connectivity index is 0.000000203. The summed E-state index contributed by atoms with van der Waals surface area (Å²) in [6, 6.07) is 41.3. The van der Waals surface area contributed by atoms with Gasteiger partial charge in [0.2, 0.25) is 0 Å². The van der Waals surface area contributed by atoms with Crippen molar-refractivity contribution >= 4 is 44.8 Å². The quantitative estimate of drug-likeness (QED) is 0.118. The van der Waals surface area contributed by atoms with Gasteiger partial charge in [-0.25, -0.2) is 0 Å². The Morgan fingerprint density at radius 3 is 2.28 bits per heavy atom. The monoisotopic (exact) mass is 911 g/mol. The number of nitrogens with zero attached hydrogens (tertiary/aromatic N) is 2. The fourth-order valence-electron chi connectivity index (χ4n) is 6.97. The Hall–Kier alpha value is -3.73. The Kier molecular flexibility index (Phi) is 10.7. The fourth-order valence-corrected chi connectivity index (χ4v) is 9.61. The van der Waals surface area contributed by atoms with Crippen molar-refractivity contribution in [1.82, 2.24) is 9.97 Å². The predicted octanol–water partition coefficient (Wildman–Crippen LogP) is 13.0. The van der Waals surface area contributed by atoms with Gasteiger partial charge in [-0.1, -0.05) is 137 Å². The molecule has 5 heteroatoms. The van der Waals surface area contributed by atoms with Crippen LogP contribution in [0.25, 0.3) is 53.8 Å². The molecular weight excluding hydrogens is 857 g/mol. The third-order valence-corrected chi connectivity index (χ3v) is 12.7. The molecule has 53 heavy (non-hydrogen) atoms. The van der Waals surface area contributed by atoms with Crippen LogP contribution in [0.3, 0.4) is 0 Å². The molecule has 1 aliphatic rings. The van der Waals surface area contributed by atoms with Crippen molar-refractivity contribution < 1.29 is 25.6 Å². The molecule has 0 amide bonds. The van der Waals surface area contributed by atoms with E-state index in [0.717, 1.165) is 69.2 Å². The van der Waals surface area contributed by atoms with Gasteiger partial charge in [0.05, 0.1) is 8.07 Å². The van der Waals surface area contributed by atoms with Gasteiger partial charge in [-0.15, -0.1) is 59.7 Å². The van der Waals surface area contributed by atoms with Gasteiger partial charge in [-0.3, -0.25) is 0 Å². The van der Waals surface area contributed by atoms with Crippen LogP contribution in [0.15, 0.2) is 116 Å². The first-order valence-electron chi connectivity index (χ1n) is 20.4. The van der Waals surface area contributed by atoms with Gasteiger partial charge in [0, 0.05) is 42.7 Å². The van der Waals surface area contributed by atoms with Gasteiger partial charge < -0.3 is 9.97 Å². The molecule has 7 aromatic rings. The van der Waals surface area contributed by atoms with E-state index in [1.54, 1.807) is 17.5 Å². The van der Waals surface area contributed by atoms with E-state index in [1.165, 1.54) is 26.6 Å².